The highest BCUT2D eigenvalue weighted by Crippen LogP contribution is 2.14. The van der Waals surface area contributed by atoms with Crippen LogP contribution in [0.15, 0.2) is 6.20 Å². The number of carboxylic acids is 1. The third-order valence-electron chi connectivity index (χ3n) is 1.58. The first-order chi connectivity index (χ1) is 6.00. The molecular weight excluding hydrogens is 229 g/mol. The van der Waals surface area contributed by atoms with E-state index < -0.39 is 12.0 Å². The number of hydrogen-bond acceptors (Lipinski definition) is 3. The van der Waals surface area contributed by atoms with Crippen LogP contribution in [0.2, 0.25) is 5.02 Å². The Kier molecular flexibility index (Phi) is 4.90. The molecule has 1 aromatic rings. The van der Waals surface area contributed by atoms with E-state index in [4.69, 9.17) is 22.4 Å². The molecule has 5 nitrogen and oxygen atoms in total. The lowest BCUT2D eigenvalue weighted by atomic mass is 10.2. The minimum absolute atomic E-state index is 0. The number of nitrogens with two attached hydrogens (primary N) is 1. The van der Waals surface area contributed by atoms with Gasteiger partial charge in [0.2, 0.25) is 0 Å². The van der Waals surface area contributed by atoms with Crippen LogP contribution in [0.3, 0.4) is 0 Å². The van der Waals surface area contributed by atoms with Gasteiger partial charge >= 0.3 is 5.97 Å². The van der Waals surface area contributed by atoms with Gasteiger partial charge in [-0.25, -0.2) is 0 Å². The molecular formula is C7H11Cl2N3O2. The number of carboxylic acid groups (broad SMARTS) is 1. The Morgan fingerprint density at radius 1 is 1.86 bits per heavy atom. The van der Waals surface area contributed by atoms with E-state index in [9.17, 15) is 4.79 Å². The molecule has 0 spiro atoms. The molecule has 1 rings (SSSR count). The first-order valence-electron chi connectivity index (χ1n) is 3.67. The summed E-state index contributed by atoms with van der Waals surface area (Å²) in [7, 11) is 1.71. The molecule has 0 saturated carbocycles. The third kappa shape index (κ3) is 3.17. The first kappa shape index (κ1) is 13.2. The summed E-state index contributed by atoms with van der Waals surface area (Å²) in [4.78, 5) is 10.4. The van der Waals surface area contributed by atoms with Crippen molar-refractivity contribution in [2.75, 3.05) is 0 Å². The van der Waals surface area contributed by atoms with Crippen LogP contribution in [0.4, 0.5) is 0 Å². The van der Waals surface area contributed by atoms with Gasteiger partial charge in [-0.15, -0.1) is 12.4 Å². The second-order valence-corrected chi connectivity index (χ2v) is 3.15. The lowest BCUT2D eigenvalue weighted by Gasteiger charge is -2.02. The number of aromatic nitrogens is 2. The third-order valence-corrected chi connectivity index (χ3v) is 1.90. The molecule has 0 aliphatic rings. The highest BCUT2D eigenvalue weighted by Gasteiger charge is 2.16. The van der Waals surface area contributed by atoms with Gasteiger partial charge in [-0.3, -0.25) is 9.48 Å². The summed E-state index contributed by atoms with van der Waals surface area (Å²) in [5, 5.41) is 13.0. The summed E-state index contributed by atoms with van der Waals surface area (Å²) in [5.74, 6) is -1.05. The van der Waals surface area contributed by atoms with Crippen molar-refractivity contribution in [3.8, 4) is 0 Å². The molecule has 1 unspecified atom stereocenters. The minimum Gasteiger partial charge on any atom is -0.480 e. The van der Waals surface area contributed by atoms with Crippen LogP contribution in [-0.4, -0.2) is 26.9 Å². The highest BCUT2D eigenvalue weighted by molar-refractivity contribution is 6.31. The van der Waals surface area contributed by atoms with E-state index in [-0.39, 0.29) is 18.8 Å². The highest BCUT2D eigenvalue weighted by atomic mass is 35.5. The van der Waals surface area contributed by atoms with E-state index in [2.05, 4.69) is 5.10 Å². The SMILES string of the molecule is Cl.Cn1cc(Cl)c(CC(N)C(=O)O)n1. The average molecular weight is 240 g/mol. The maximum Gasteiger partial charge on any atom is 0.320 e. The predicted octanol–water partition coefficient (Wildman–Crippen LogP) is 0.450. The van der Waals surface area contributed by atoms with Crippen LogP contribution in [-0.2, 0) is 18.3 Å². The van der Waals surface area contributed by atoms with Crippen molar-refractivity contribution in [1.82, 2.24) is 9.78 Å². The van der Waals surface area contributed by atoms with Crippen molar-refractivity contribution in [3.05, 3.63) is 16.9 Å². The first-order valence-corrected chi connectivity index (χ1v) is 4.05. The Hall–Kier alpha value is -0.780. The number of aryl methyl sites for hydroxylation is 1. The molecule has 3 N–H and O–H groups in total. The van der Waals surface area contributed by atoms with E-state index >= 15 is 0 Å². The normalized spacial score (nSPS) is 11.9. The molecule has 7 heteroatoms. The fraction of sp³-hybridized carbons (Fsp3) is 0.429. The number of aliphatic carboxylic acids is 1. The van der Waals surface area contributed by atoms with Crippen LogP contribution in [0, 0.1) is 0 Å². The van der Waals surface area contributed by atoms with Crippen molar-refractivity contribution < 1.29 is 9.90 Å². The van der Waals surface area contributed by atoms with E-state index in [0.29, 0.717) is 10.7 Å². The van der Waals surface area contributed by atoms with E-state index in [1.54, 1.807) is 13.2 Å². The van der Waals surface area contributed by atoms with E-state index in [1.807, 2.05) is 0 Å². The van der Waals surface area contributed by atoms with Gasteiger partial charge in [0, 0.05) is 19.7 Å². The second-order valence-electron chi connectivity index (χ2n) is 2.75. The van der Waals surface area contributed by atoms with Gasteiger partial charge in [0.05, 0.1) is 10.7 Å². The Morgan fingerprint density at radius 3 is 2.79 bits per heavy atom. The van der Waals surface area contributed by atoms with Crippen molar-refractivity contribution in [1.29, 1.82) is 0 Å². The second kappa shape index (κ2) is 5.19. The monoisotopic (exact) mass is 239 g/mol. The van der Waals surface area contributed by atoms with Crippen LogP contribution >= 0.6 is 24.0 Å². The Labute approximate surface area is 92.3 Å². The van der Waals surface area contributed by atoms with Crippen LogP contribution in [0.1, 0.15) is 5.69 Å². The topological polar surface area (TPSA) is 81.1 Å². The van der Waals surface area contributed by atoms with Gasteiger partial charge < -0.3 is 10.8 Å². The van der Waals surface area contributed by atoms with Gasteiger partial charge in [-0.1, -0.05) is 11.6 Å². The molecule has 0 aliphatic heterocycles. The predicted molar refractivity (Wildman–Crippen MR) is 54.8 cm³/mol. The Balaban J connectivity index is 0.00000169. The number of hydrogen-bond donors (Lipinski definition) is 2. The van der Waals surface area contributed by atoms with Gasteiger partial charge in [0.1, 0.15) is 6.04 Å². The fourth-order valence-electron chi connectivity index (χ4n) is 0.940. The zero-order chi connectivity index (χ0) is 10.0. The maximum atomic E-state index is 10.4. The molecule has 0 radical (unpaired) electrons. The quantitative estimate of drug-likeness (QED) is 0.803. The van der Waals surface area contributed by atoms with Crippen LogP contribution in [0.5, 0.6) is 0 Å². The summed E-state index contributed by atoms with van der Waals surface area (Å²) in [6.07, 6.45) is 1.75. The van der Waals surface area contributed by atoms with Gasteiger partial charge in [-0.2, -0.15) is 5.10 Å². The maximum absolute atomic E-state index is 10.4. The smallest absolute Gasteiger partial charge is 0.320 e. The molecule has 0 amide bonds. The molecule has 1 aromatic heterocycles. The van der Waals surface area contributed by atoms with Crippen molar-refractivity contribution >= 4 is 30.0 Å². The largest absolute Gasteiger partial charge is 0.480 e. The molecule has 0 aromatic carbocycles. The molecule has 80 valence electrons. The van der Waals surface area contributed by atoms with Gasteiger partial charge in [0.25, 0.3) is 0 Å². The summed E-state index contributed by atoms with van der Waals surface area (Å²) >= 11 is 5.76. The molecule has 0 fully saturated rings. The summed E-state index contributed by atoms with van der Waals surface area (Å²) in [6, 6.07) is -0.951. The Bertz CT molecular complexity index is 327. The molecule has 1 atom stereocenters. The lowest BCUT2D eigenvalue weighted by molar-refractivity contribution is -0.138. The van der Waals surface area contributed by atoms with Crippen LogP contribution < -0.4 is 5.73 Å². The number of nitrogens with zero attached hydrogens (tertiary/aromatic N) is 2. The lowest BCUT2D eigenvalue weighted by Crippen LogP contribution is -2.32. The Morgan fingerprint density at radius 2 is 2.43 bits per heavy atom. The zero-order valence-electron chi connectivity index (χ0n) is 7.48. The molecule has 0 aliphatic carbocycles. The average Bonchev–Trinajstić information content (AvgIpc) is 2.30. The number of carbonyl (C=O) groups is 1. The van der Waals surface area contributed by atoms with Crippen LogP contribution in [0.25, 0.3) is 0 Å². The zero-order valence-corrected chi connectivity index (χ0v) is 9.05. The van der Waals surface area contributed by atoms with Crippen molar-refractivity contribution in [2.24, 2.45) is 12.8 Å². The molecule has 0 bridgehead atoms. The molecule has 14 heavy (non-hydrogen) atoms. The minimum atomic E-state index is -1.05. The summed E-state index contributed by atoms with van der Waals surface area (Å²) < 4.78 is 1.52. The van der Waals surface area contributed by atoms with E-state index in [0.717, 1.165) is 0 Å². The van der Waals surface area contributed by atoms with Gasteiger partial charge in [0.15, 0.2) is 0 Å². The molecule has 0 saturated heterocycles. The van der Waals surface area contributed by atoms with Gasteiger partial charge in [-0.05, 0) is 0 Å². The number of halogens is 2. The summed E-state index contributed by atoms with van der Waals surface area (Å²) in [5.41, 5.74) is 5.83. The molecule has 1 heterocycles. The fourth-order valence-corrected chi connectivity index (χ4v) is 1.20. The standard InChI is InChI=1S/C7H10ClN3O2.ClH/c1-11-3-4(8)6(10-11)2-5(9)7(12)13;/h3,5H,2,9H2,1H3,(H,12,13);1H. The van der Waals surface area contributed by atoms with Crippen molar-refractivity contribution in [2.45, 2.75) is 12.5 Å². The van der Waals surface area contributed by atoms with Crippen molar-refractivity contribution in [3.63, 3.8) is 0 Å². The number of rotatable bonds is 3. The summed E-state index contributed by atoms with van der Waals surface area (Å²) in [6.45, 7) is 0. The van der Waals surface area contributed by atoms with E-state index in [1.165, 1.54) is 4.68 Å².